The average molecular weight is 241 g/mol. The molecule has 1 aliphatic carbocycles. The minimum atomic E-state index is -0.700. The quantitative estimate of drug-likeness (QED) is 0.895. The van der Waals surface area contributed by atoms with Crippen molar-refractivity contribution < 1.29 is 9.84 Å². The van der Waals surface area contributed by atoms with E-state index in [-0.39, 0.29) is 0 Å². The topological polar surface area (TPSA) is 42.4 Å². The molecule has 1 saturated carbocycles. The fraction of sp³-hybridized carbons (Fsp3) is 0.267. The number of hydrogen-bond acceptors (Lipinski definition) is 3. The summed E-state index contributed by atoms with van der Waals surface area (Å²) in [7, 11) is 0. The van der Waals surface area contributed by atoms with Crippen molar-refractivity contribution in [3.05, 3.63) is 59.9 Å². The van der Waals surface area contributed by atoms with Gasteiger partial charge in [-0.3, -0.25) is 4.98 Å². The predicted molar refractivity (Wildman–Crippen MR) is 68.4 cm³/mol. The highest BCUT2D eigenvalue weighted by Gasteiger charge is 2.23. The zero-order valence-corrected chi connectivity index (χ0v) is 9.99. The monoisotopic (exact) mass is 241 g/mol. The molecule has 0 spiro atoms. The Balaban J connectivity index is 1.82. The zero-order valence-electron chi connectivity index (χ0n) is 9.99. The van der Waals surface area contributed by atoms with Crippen LogP contribution in [-0.2, 0) is 0 Å². The van der Waals surface area contributed by atoms with Crippen LogP contribution in [0.15, 0.2) is 48.7 Å². The van der Waals surface area contributed by atoms with E-state index in [0.717, 1.165) is 24.2 Å². The maximum Gasteiger partial charge on any atom is 0.121 e. The van der Waals surface area contributed by atoms with Crippen molar-refractivity contribution in [2.75, 3.05) is 0 Å². The summed E-state index contributed by atoms with van der Waals surface area (Å²) in [5.41, 5.74) is 1.47. The zero-order chi connectivity index (χ0) is 12.4. The Morgan fingerprint density at radius 1 is 1.17 bits per heavy atom. The molecule has 18 heavy (non-hydrogen) atoms. The Kier molecular flexibility index (Phi) is 2.99. The third kappa shape index (κ3) is 2.51. The second-order valence-electron chi connectivity index (χ2n) is 4.55. The first-order chi connectivity index (χ1) is 8.83. The van der Waals surface area contributed by atoms with Crippen molar-refractivity contribution in [3.8, 4) is 5.75 Å². The van der Waals surface area contributed by atoms with Gasteiger partial charge in [0.05, 0.1) is 11.8 Å². The molecule has 1 aromatic carbocycles. The van der Waals surface area contributed by atoms with Gasteiger partial charge in [0.1, 0.15) is 11.9 Å². The molecule has 1 fully saturated rings. The molecule has 3 heteroatoms. The van der Waals surface area contributed by atoms with Crippen LogP contribution in [0.5, 0.6) is 5.75 Å². The van der Waals surface area contributed by atoms with Gasteiger partial charge in [-0.05, 0) is 42.7 Å². The number of hydrogen-bond donors (Lipinski definition) is 1. The van der Waals surface area contributed by atoms with Gasteiger partial charge in [0.25, 0.3) is 0 Å². The Morgan fingerprint density at radius 2 is 2.06 bits per heavy atom. The molecule has 1 N–H and O–H groups in total. The lowest BCUT2D eigenvalue weighted by Gasteiger charge is -2.12. The van der Waals surface area contributed by atoms with Gasteiger partial charge < -0.3 is 9.84 Å². The lowest BCUT2D eigenvalue weighted by Crippen LogP contribution is -2.03. The van der Waals surface area contributed by atoms with E-state index in [2.05, 4.69) is 4.98 Å². The van der Waals surface area contributed by atoms with Crippen LogP contribution >= 0.6 is 0 Å². The maximum atomic E-state index is 10.2. The predicted octanol–water partition coefficient (Wildman–Crippen LogP) is 2.70. The summed E-state index contributed by atoms with van der Waals surface area (Å²) >= 11 is 0. The second-order valence-corrected chi connectivity index (χ2v) is 4.55. The van der Waals surface area contributed by atoms with E-state index in [4.69, 9.17) is 4.74 Å². The van der Waals surface area contributed by atoms with Crippen molar-refractivity contribution in [1.82, 2.24) is 4.98 Å². The van der Waals surface area contributed by atoms with E-state index in [1.807, 2.05) is 42.5 Å². The number of aliphatic hydroxyl groups is 1. The minimum absolute atomic E-state index is 0.368. The fourth-order valence-electron chi connectivity index (χ4n) is 1.84. The summed E-state index contributed by atoms with van der Waals surface area (Å²) in [5, 5.41) is 10.2. The number of nitrogens with zero attached hydrogens (tertiary/aromatic N) is 1. The highest BCUT2D eigenvalue weighted by Crippen LogP contribution is 2.29. The summed E-state index contributed by atoms with van der Waals surface area (Å²) < 4.78 is 5.72. The van der Waals surface area contributed by atoms with E-state index < -0.39 is 6.10 Å². The number of benzene rings is 1. The molecule has 3 rings (SSSR count). The van der Waals surface area contributed by atoms with E-state index in [9.17, 15) is 5.11 Å². The van der Waals surface area contributed by atoms with Gasteiger partial charge in [0.2, 0.25) is 0 Å². The molecule has 3 nitrogen and oxygen atoms in total. The molecule has 1 unspecified atom stereocenters. The van der Waals surface area contributed by atoms with Gasteiger partial charge >= 0.3 is 0 Å². The van der Waals surface area contributed by atoms with Crippen LogP contribution in [0.4, 0.5) is 0 Å². The molecular formula is C15H15NO2. The van der Waals surface area contributed by atoms with Gasteiger partial charge in [0.15, 0.2) is 0 Å². The number of aromatic nitrogens is 1. The third-order valence-corrected chi connectivity index (χ3v) is 2.97. The van der Waals surface area contributed by atoms with Crippen LogP contribution < -0.4 is 4.74 Å². The fourth-order valence-corrected chi connectivity index (χ4v) is 1.84. The standard InChI is InChI=1S/C15H15NO2/c17-15(14-6-1-2-9-16-14)11-4-3-5-13(10-11)18-12-7-8-12/h1-6,9-10,12,15,17H,7-8H2. The number of pyridine rings is 1. The highest BCUT2D eigenvalue weighted by molar-refractivity contribution is 5.33. The molecule has 0 amide bonds. The molecule has 1 aromatic heterocycles. The molecule has 0 saturated heterocycles. The van der Waals surface area contributed by atoms with Crippen molar-refractivity contribution in [2.24, 2.45) is 0 Å². The molecule has 1 heterocycles. The smallest absolute Gasteiger partial charge is 0.121 e. The Labute approximate surface area is 106 Å². The first kappa shape index (κ1) is 11.2. The second kappa shape index (κ2) is 4.78. The van der Waals surface area contributed by atoms with Gasteiger partial charge in [-0.2, -0.15) is 0 Å². The van der Waals surface area contributed by atoms with Crippen LogP contribution in [-0.4, -0.2) is 16.2 Å². The molecule has 0 radical (unpaired) electrons. The molecule has 0 bridgehead atoms. The van der Waals surface area contributed by atoms with E-state index in [0.29, 0.717) is 11.8 Å². The van der Waals surface area contributed by atoms with Crippen LogP contribution in [0.2, 0.25) is 0 Å². The normalized spacial score (nSPS) is 16.3. The van der Waals surface area contributed by atoms with Crippen LogP contribution in [0.1, 0.15) is 30.2 Å². The third-order valence-electron chi connectivity index (χ3n) is 2.97. The summed E-state index contributed by atoms with van der Waals surface area (Å²) in [4.78, 5) is 4.17. The SMILES string of the molecule is OC(c1cccc(OC2CC2)c1)c1ccccn1. The lowest BCUT2D eigenvalue weighted by molar-refractivity contribution is 0.214. The minimum Gasteiger partial charge on any atom is -0.490 e. The van der Waals surface area contributed by atoms with Crippen LogP contribution in [0.3, 0.4) is 0 Å². The molecule has 0 aliphatic heterocycles. The van der Waals surface area contributed by atoms with Crippen LogP contribution in [0, 0.1) is 0 Å². The van der Waals surface area contributed by atoms with Crippen molar-refractivity contribution >= 4 is 0 Å². The Hall–Kier alpha value is -1.87. The van der Waals surface area contributed by atoms with Gasteiger partial charge in [-0.15, -0.1) is 0 Å². The largest absolute Gasteiger partial charge is 0.490 e. The average Bonchev–Trinajstić information content (AvgIpc) is 3.23. The summed E-state index contributed by atoms with van der Waals surface area (Å²) in [6, 6.07) is 13.1. The summed E-state index contributed by atoms with van der Waals surface area (Å²) in [6.45, 7) is 0. The van der Waals surface area contributed by atoms with E-state index >= 15 is 0 Å². The van der Waals surface area contributed by atoms with Gasteiger partial charge in [0, 0.05) is 6.20 Å². The van der Waals surface area contributed by atoms with Crippen LogP contribution in [0.25, 0.3) is 0 Å². The van der Waals surface area contributed by atoms with Crippen molar-refractivity contribution in [2.45, 2.75) is 25.0 Å². The lowest BCUT2D eigenvalue weighted by atomic mass is 10.1. The molecule has 1 aliphatic rings. The van der Waals surface area contributed by atoms with E-state index in [1.165, 1.54) is 0 Å². The molecule has 1 atom stereocenters. The maximum absolute atomic E-state index is 10.2. The number of ether oxygens (including phenoxy) is 1. The van der Waals surface area contributed by atoms with Gasteiger partial charge in [-0.25, -0.2) is 0 Å². The first-order valence-electron chi connectivity index (χ1n) is 6.18. The van der Waals surface area contributed by atoms with E-state index in [1.54, 1.807) is 6.20 Å². The van der Waals surface area contributed by atoms with Gasteiger partial charge in [-0.1, -0.05) is 18.2 Å². The molecule has 92 valence electrons. The Bertz CT molecular complexity index is 523. The molecular weight excluding hydrogens is 226 g/mol. The highest BCUT2D eigenvalue weighted by atomic mass is 16.5. The summed E-state index contributed by atoms with van der Waals surface area (Å²) in [5.74, 6) is 0.824. The number of aliphatic hydroxyl groups excluding tert-OH is 1. The first-order valence-corrected chi connectivity index (χ1v) is 6.18. The van der Waals surface area contributed by atoms with Crippen molar-refractivity contribution in [3.63, 3.8) is 0 Å². The van der Waals surface area contributed by atoms with Crippen molar-refractivity contribution in [1.29, 1.82) is 0 Å². The summed E-state index contributed by atoms with van der Waals surface area (Å²) in [6.07, 6.45) is 3.62. The number of rotatable bonds is 4. The Morgan fingerprint density at radius 3 is 2.78 bits per heavy atom. The molecule has 2 aromatic rings.